The van der Waals surface area contributed by atoms with Crippen LogP contribution in [0.15, 0.2) is 34.1 Å². The van der Waals surface area contributed by atoms with Crippen molar-refractivity contribution in [2.75, 3.05) is 0 Å². The Bertz CT molecular complexity index is 712. The monoisotopic (exact) mass is 504 g/mol. The topological polar surface area (TPSA) is 0 Å². The molecule has 2 rings (SSSR count). The van der Waals surface area contributed by atoms with Crippen molar-refractivity contribution in [1.82, 2.24) is 0 Å². The van der Waals surface area contributed by atoms with E-state index < -0.39 is 3.79 Å². The minimum atomic E-state index is -1.55. The highest BCUT2D eigenvalue weighted by Gasteiger charge is 2.27. The van der Waals surface area contributed by atoms with Gasteiger partial charge in [0.1, 0.15) is 0 Å². The summed E-state index contributed by atoms with van der Waals surface area (Å²) >= 11 is 48.4. The molecule has 0 aliphatic rings. The van der Waals surface area contributed by atoms with Crippen molar-refractivity contribution >= 4 is 114 Å². The van der Waals surface area contributed by atoms with Gasteiger partial charge in [0.2, 0.25) is 3.79 Å². The van der Waals surface area contributed by atoms with Crippen LogP contribution in [0.5, 0.6) is 0 Å². The van der Waals surface area contributed by atoms with Gasteiger partial charge in [0.25, 0.3) is 0 Å². The summed E-state index contributed by atoms with van der Waals surface area (Å²) in [5.74, 6) is 0. The first-order valence-electron chi connectivity index (χ1n) is 5.66. The number of hydrogen-bond acceptors (Lipinski definition) is 2. The minimum Gasteiger partial charge on any atom is -0.0813 e. The Balaban J connectivity index is 2.37. The van der Waals surface area contributed by atoms with Crippen molar-refractivity contribution in [3.63, 3.8) is 0 Å². The molecule has 0 bridgehead atoms. The maximum absolute atomic E-state index is 6.20. The lowest BCUT2D eigenvalue weighted by Gasteiger charge is -2.16. The largest absolute Gasteiger partial charge is 0.217 e. The predicted molar refractivity (Wildman–Crippen MR) is 109 cm³/mol. The van der Waals surface area contributed by atoms with E-state index in [1.807, 2.05) is 12.1 Å². The molecule has 0 heterocycles. The van der Waals surface area contributed by atoms with Crippen molar-refractivity contribution in [3.05, 3.63) is 54.9 Å². The molecule has 2 aromatic rings. The van der Waals surface area contributed by atoms with Crippen LogP contribution in [0, 0.1) is 0 Å². The lowest BCUT2D eigenvalue weighted by molar-refractivity contribution is 1.16. The Kier molecular flexibility index (Phi) is 7.62. The van der Waals surface area contributed by atoms with Gasteiger partial charge in [-0.1, -0.05) is 122 Å². The van der Waals surface area contributed by atoms with Crippen LogP contribution in [0.1, 0.15) is 5.56 Å². The number of halogens is 8. The average molecular weight is 508 g/mol. The maximum atomic E-state index is 6.20. The van der Waals surface area contributed by atoms with Gasteiger partial charge in [-0.3, -0.25) is 0 Å². The Morgan fingerprint density at radius 3 is 1.65 bits per heavy atom. The lowest BCUT2D eigenvalue weighted by atomic mass is 10.2. The SMILES string of the molecule is Clc1c(Cl)c(Cl)c(SSc2ccccc2C(Cl)(Cl)Cl)c(Cl)c1Cl. The molecule has 0 aliphatic carbocycles. The van der Waals surface area contributed by atoms with Gasteiger partial charge in [-0.05, 0) is 16.9 Å². The van der Waals surface area contributed by atoms with Crippen molar-refractivity contribution in [3.8, 4) is 0 Å². The van der Waals surface area contributed by atoms with Crippen LogP contribution >= 0.6 is 114 Å². The third kappa shape index (κ3) is 4.80. The highest BCUT2D eigenvalue weighted by Crippen LogP contribution is 2.53. The van der Waals surface area contributed by atoms with Crippen molar-refractivity contribution < 1.29 is 0 Å². The predicted octanol–water partition coefficient (Wildman–Crippen LogP) is 9.58. The smallest absolute Gasteiger partial charge is 0.0813 e. The standard InChI is InChI=1S/C13H4Cl8S2/c14-7-8(15)10(17)12(11(18)9(7)16)23-22-6-4-2-1-3-5(6)13(19,20)21/h1-4H. The second-order valence-corrected chi connectivity index (χ2v) is 10.4. The fourth-order valence-corrected chi connectivity index (χ4v) is 6.36. The van der Waals surface area contributed by atoms with Crippen LogP contribution in [0.2, 0.25) is 25.1 Å². The van der Waals surface area contributed by atoms with Gasteiger partial charge < -0.3 is 0 Å². The first-order valence-corrected chi connectivity index (χ1v) is 10.8. The van der Waals surface area contributed by atoms with Gasteiger partial charge >= 0.3 is 0 Å². The van der Waals surface area contributed by atoms with Crippen LogP contribution in [-0.2, 0) is 3.79 Å². The molecule has 0 nitrogen and oxygen atoms in total. The molecule has 0 unspecified atom stereocenters. The summed E-state index contributed by atoms with van der Waals surface area (Å²) in [6, 6.07) is 7.15. The van der Waals surface area contributed by atoms with E-state index in [0.717, 1.165) is 4.90 Å². The molecule has 124 valence electrons. The second-order valence-electron chi connectivity index (χ2n) is 4.06. The quantitative estimate of drug-likeness (QED) is 0.175. The van der Waals surface area contributed by atoms with Crippen LogP contribution < -0.4 is 0 Å². The average Bonchev–Trinajstić information content (AvgIpc) is 2.50. The third-order valence-electron chi connectivity index (χ3n) is 2.58. The van der Waals surface area contributed by atoms with Crippen molar-refractivity contribution in [1.29, 1.82) is 0 Å². The highest BCUT2D eigenvalue weighted by molar-refractivity contribution is 8.76. The summed E-state index contributed by atoms with van der Waals surface area (Å²) in [7, 11) is 2.56. The number of rotatable bonds is 3. The zero-order chi connectivity index (χ0) is 17.4. The normalized spacial score (nSPS) is 11.8. The van der Waals surface area contributed by atoms with Gasteiger partial charge in [-0.15, -0.1) is 0 Å². The summed E-state index contributed by atoms with van der Waals surface area (Å²) in [4.78, 5) is 1.23. The maximum Gasteiger partial charge on any atom is 0.217 e. The highest BCUT2D eigenvalue weighted by atomic mass is 35.6. The zero-order valence-electron chi connectivity index (χ0n) is 10.6. The van der Waals surface area contributed by atoms with Gasteiger partial charge in [-0.2, -0.15) is 0 Å². The summed E-state index contributed by atoms with van der Waals surface area (Å²) < 4.78 is -1.55. The van der Waals surface area contributed by atoms with Gasteiger partial charge in [0.15, 0.2) is 0 Å². The van der Waals surface area contributed by atoms with E-state index in [0.29, 0.717) is 10.5 Å². The van der Waals surface area contributed by atoms with E-state index >= 15 is 0 Å². The Morgan fingerprint density at radius 1 is 0.652 bits per heavy atom. The van der Waals surface area contributed by atoms with Crippen LogP contribution in [0.3, 0.4) is 0 Å². The van der Waals surface area contributed by atoms with Crippen molar-refractivity contribution in [2.45, 2.75) is 13.6 Å². The van der Waals surface area contributed by atoms with Gasteiger partial charge in [0.05, 0.1) is 30.0 Å². The number of alkyl halides is 3. The molecule has 0 radical (unpaired) electrons. The molecule has 2 aromatic carbocycles. The fraction of sp³-hybridized carbons (Fsp3) is 0.0769. The molecular formula is C13H4Cl8S2. The van der Waals surface area contributed by atoms with E-state index in [-0.39, 0.29) is 25.1 Å². The summed E-state index contributed by atoms with van der Waals surface area (Å²) in [5.41, 5.74) is 0.543. The Hall–Kier alpha value is 1.46. The lowest BCUT2D eigenvalue weighted by Crippen LogP contribution is -2.01. The van der Waals surface area contributed by atoms with Gasteiger partial charge in [0, 0.05) is 10.5 Å². The summed E-state index contributed by atoms with van der Waals surface area (Å²) in [5, 5.41) is 0.824. The molecule has 0 aliphatic heterocycles. The first kappa shape index (κ1) is 20.8. The molecule has 0 N–H and O–H groups in total. The number of benzene rings is 2. The molecule has 0 spiro atoms. The van der Waals surface area contributed by atoms with E-state index in [9.17, 15) is 0 Å². The van der Waals surface area contributed by atoms with E-state index in [4.69, 9.17) is 92.8 Å². The summed E-state index contributed by atoms with van der Waals surface area (Å²) in [6.45, 7) is 0. The fourth-order valence-electron chi connectivity index (χ4n) is 1.52. The van der Waals surface area contributed by atoms with E-state index in [1.54, 1.807) is 12.1 Å². The molecule has 10 heteroatoms. The number of hydrogen-bond donors (Lipinski definition) is 0. The third-order valence-corrected chi connectivity index (χ3v) is 8.17. The Morgan fingerprint density at radius 2 is 1.13 bits per heavy atom. The molecule has 0 fully saturated rings. The Labute approximate surface area is 181 Å². The first-order chi connectivity index (χ1) is 10.6. The zero-order valence-corrected chi connectivity index (χ0v) is 18.3. The molecule has 0 atom stereocenters. The molecule has 23 heavy (non-hydrogen) atoms. The minimum absolute atomic E-state index is 0.111. The van der Waals surface area contributed by atoms with Crippen LogP contribution in [-0.4, -0.2) is 0 Å². The molecule has 0 saturated carbocycles. The van der Waals surface area contributed by atoms with Crippen LogP contribution in [0.4, 0.5) is 0 Å². The van der Waals surface area contributed by atoms with E-state index in [1.165, 1.54) is 21.6 Å². The van der Waals surface area contributed by atoms with Crippen LogP contribution in [0.25, 0.3) is 0 Å². The molecule has 0 saturated heterocycles. The molecule has 0 aromatic heterocycles. The van der Waals surface area contributed by atoms with Gasteiger partial charge in [-0.25, -0.2) is 0 Å². The molecule has 0 amide bonds. The second kappa shape index (κ2) is 8.43. The van der Waals surface area contributed by atoms with Crippen molar-refractivity contribution in [2.24, 2.45) is 0 Å². The summed E-state index contributed by atoms with van der Waals surface area (Å²) in [6.07, 6.45) is 0. The van der Waals surface area contributed by atoms with E-state index in [2.05, 4.69) is 0 Å². The molecular weight excluding hydrogens is 504 g/mol.